The highest BCUT2D eigenvalue weighted by molar-refractivity contribution is 6.08. The van der Waals surface area contributed by atoms with Gasteiger partial charge in [0, 0.05) is 40.2 Å². The maximum atomic E-state index is 12.8. The van der Waals surface area contributed by atoms with E-state index in [2.05, 4.69) is 36.4 Å². The Morgan fingerprint density at radius 3 is 2.61 bits per heavy atom. The minimum absolute atomic E-state index is 0.623. The van der Waals surface area contributed by atoms with Gasteiger partial charge in [0.1, 0.15) is 5.75 Å². The van der Waals surface area contributed by atoms with E-state index in [1.807, 2.05) is 64.2 Å². The summed E-state index contributed by atoms with van der Waals surface area (Å²) in [6.45, 7) is 8.20. The van der Waals surface area contributed by atoms with Crippen LogP contribution in [0.3, 0.4) is 0 Å². The van der Waals surface area contributed by atoms with Crippen molar-refractivity contribution in [3.05, 3.63) is 101 Å². The molecule has 3 heterocycles. The zero-order chi connectivity index (χ0) is 28.7. The standard InChI is InChI=1S/C35H34N2O4/c1-21-20-27-25(13-12-24(37-27)11-10-22-8-6-5-7-9-22)31(29(21)33(34(38)39)41-35(2,3)4)26-14-15-28-30-23(17-19-40-28)16-18-36-32(26)30/h5-9,12-16,18,20,33H,10-11,17,19H2,1-4H3,(H,38,39). The first-order valence-corrected chi connectivity index (χ1v) is 14.1. The van der Waals surface area contributed by atoms with E-state index < -0.39 is 17.7 Å². The first-order valence-electron chi connectivity index (χ1n) is 14.1. The highest BCUT2D eigenvalue weighted by Crippen LogP contribution is 2.44. The van der Waals surface area contributed by atoms with Gasteiger partial charge in [-0.3, -0.25) is 9.97 Å². The molecule has 1 atom stereocenters. The van der Waals surface area contributed by atoms with Gasteiger partial charge in [-0.2, -0.15) is 0 Å². The van der Waals surface area contributed by atoms with E-state index in [0.29, 0.717) is 12.2 Å². The third-order valence-electron chi connectivity index (χ3n) is 7.61. The number of benzene rings is 3. The number of hydrogen-bond donors (Lipinski definition) is 1. The molecule has 6 rings (SSSR count). The quantitative estimate of drug-likeness (QED) is 0.229. The third-order valence-corrected chi connectivity index (χ3v) is 7.61. The van der Waals surface area contributed by atoms with E-state index in [1.54, 1.807) is 0 Å². The number of aryl methyl sites for hydroxylation is 3. The van der Waals surface area contributed by atoms with Crippen molar-refractivity contribution in [3.8, 4) is 16.9 Å². The van der Waals surface area contributed by atoms with Crippen LogP contribution >= 0.6 is 0 Å². The number of rotatable bonds is 7. The van der Waals surface area contributed by atoms with Crippen molar-refractivity contribution in [2.24, 2.45) is 0 Å². The Kier molecular flexibility index (Phi) is 6.96. The van der Waals surface area contributed by atoms with Gasteiger partial charge in [-0.1, -0.05) is 36.4 Å². The Bertz CT molecular complexity index is 1760. The van der Waals surface area contributed by atoms with E-state index in [0.717, 1.165) is 69.2 Å². The van der Waals surface area contributed by atoms with Crippen LogP contribution in [0.25, 0.3) is 32.9 Å². The lowest BCUT2D eigenvalue weighted by Crippen LogP contribution is -2.28. The molecule has 3 aromatic carbocycles. The molecule has 1 aliphatic heterocycles. The van der Waals surface area contributed by atoms with Crippen molar-refractivity contribution in [2.75, 3.05) is 6.61 Å². The highest BCUT2D eigenvalue weighted by atomic mass is 16.5. The smallest absolute Gasteiger partial charge is 0.337 e. The van der Waals surface area contributed by atoms with Gasteiger partial charge in [-0.15, -0.1) is 0 Å². The summed E-state index contributed by atoms with van der Waals surface area (Å²) in [6, 6.07) is 22.5. The van der Waals surface area contributed by atoms with Gasteiger partial charge in [0.25, 0.3) is 0 Å². The van der Waals surface area contributed by atoms with Crippen LogP contribution in [0.5, 0.6) is 5.75 Å². The molecule has 0 spiro atoms. The van der Waals surface area contributed by atoms with Gasteiger partial charge in [0.05, 0.1) is 23.2 Å². The lowest BCUT2D eigenvalue weighted by molar-refractivity contribution is -0.160. The second-order valence-electron chi connectivity index (χ2n) is 11.7. The molecular formula is C35H34N2O4. The summed E-state index contributed by atoms with van der Waals surface area (Å²) >= 11 is 0. The molecule has 0 fully saturated rings. The molecule has 41 heavy (non-hydrogen) atoms. The fourth-order valence-corrected chi connectivity index (χ4v) is 5.84. The molecule has 0 amide bonds. The predicted molar refractivity (Wildman–Crippen MR) is 161 cm³/mol. The largest absolute Gasteiger partial charge is 0.493 e. The Hall–Kier alpha value is -4.29. The molecule has 5 aromatic rings. The lowest BCUT2D eigenvalue weighted by Gasteiger charge is -2.29. The van der Waals surface area contributed by atoms with Crippen molar-refractivity contribution in [2.45, 2.75) is 58.7 Å². The van der Waals surface area contributed by atoms with Crippen LogP contribution in [0, 0.1) is 6.92 Å². The lowest BCUT2D eigenvalue weighted by atomic mass is 9.86. The summed E-state index contributed by atoms with van der Waals surface area (Å²) in [6.07, 6.45) is 3.15. The summed E-state index contributed by atoms with van der Waals surface area (Å²) in [5.74, 6) is -0.228. The topological polar surface area (TPSA) is 81.5 Å². The molecule has 0 radical (unpaired) electrons. The molecule has 0 bridgehead atoms. The van der Waals surface area contributed by atoms with Gasteiger partial charge >= 0.3 is 5.97 Å². The summed E-state index contributed by atoms with van der Waals surface area (Å²) < 4.78 is 12.2. The molecule has 0 aliphatic carbocycles. The monoisotopic (exact) mass is 546 g/mol. The molecule has 1 aliphatic rings. The summed E-state index contributed by atoms with van der Waals surface area (Å²) in [5.41, 5.74) is 7.45. The number of hydrogen-bond acceptors (Lipinski definition) is 5. The molecular weight excluding hydrogens is 512 g/mol. The minimum atomic E-state index is -1.17. The van der Waals surface area contributed by atoms with Crippen LogP contribution in [0.1, 0.15) is 54.8 Å². The molecule has 1 N–H and O–H groups in total. The number of aromatic nitrogens is 2. The molecule has 1 unspecified atom stereocenters. The maximum Gasteiger partial charge on any atom is 0.337 e. The second kappa shape index (κ2) is 10.6. The number of nitrogens with zero attached hydrogens (tertiary/aromatic N) is 2. The van der Waals surface area contributed by atoms with Gasteiger partial charge in [-0.25, -0.2) is 4.79 Å². The fourth-order valence-electron chi connectivity index (χ4n) is 5.84. The zero-order valence-corrected chi connectivity index (χ0v) is 23.9. The maximum absolute atomic E-state index is 12.8. The third kappa shape index (κ3) is 5.27. The Morgan fingerprint density at radius 1 is 1.05 bits per heavy atom. The first-order chi connectivity index (χ1) is 19.7. The van der Waals surface area contributed by atoms with E-state index in [9.17, 15) is 9.90 Å². The van der Waals surface area contributed by atoms with E-state index in [4.69, 9.17) is 19.4 Å². The fraction of sp³-hybridized carbons (Fsp3) is 0.286. The second-order valence-corrected chi connectivity index (χ2v) is 11.7. The van der Waals surface area contributed by atoms with Gasteiger partial charge in [0.15, 0.2) is 6.10 Å². The Labute approximate surface area is 240 Å². The van der Waals surface area contributed by atoms with Crippen LogP contribution in [-0.4, -0.2) is 33.3 Å². The van der Waals surface area contributed by atoms with E-state index in [1.165, 1.54) is 11.1 Å². The van der Waals surface area contributed by atoms with Gasteiger partial charge in [0.2, 0.25) is 0 Å². The number of ether oxygens (including phenoxy) is 2. The minimum Gasteiger partial charge on any atom is -0.493 e. The summed E-state index contributed by atoms with van der Waals surface area (Å²) in [4.78, 5) is 22.7. The van der Waals surface area contributed by atoms with Gasteiger partial charge < -0.3 is 14.6 Å². The average Bonchev–Trinajstić information content (AvgIpc) is 2.95. The Morgan fingerprint density at radius 2 is 1.85 bits per heavy atom. The average molecular weight is 547 g/mol. The van der Waals surface area contributed by atoms with Crippen molar-refractivity contribution >= 4 is 27.8 Å². The normalized spacial score (nSPS) is 13.8. The molecule has 208 valence electrons. The number of aliphatic carboxylic acids is 1. The van der Waals surface area contributed by atoms with Gasteiger partial charge in [-0.05, 0) is 93.1 Å². The van der Waals surface area contributed by atoms with E-state index >= 15 is 0 Å². The molecule has 0 saturated heterocycles. The predicted octanol–water partition coefficient (Wildman–Crippen LogP) is 7.42. The van der Waals surface area contributed by atoms with Crippen LogP contribution in [0.2, 0.25) is 0 Å². The van der Waals surface area contributed by atoms with Crippen LogP contribution in [-0.2, 0) is 28.8 Å². The zero-order valence-electron chi connectivity index (χ0n) is 23.9. The number of carboxylic acid groups (broad SMARTS) is 1. The number of carbonyl (C=O) groups is 1. The SMILES string of the molecule is Cc1cc2nc(CCc3ccccc3)ccc2c(-c2ccc3c4c(ccnc24)CCO3)c1C(OC(C)(C)C)C(=O)O. The van der Waals surface area contributed by atoms with E-state index in [-0.39, 0.29) is 0 Å². The Balaban J connectivity index is 1.59. The summed E-state index contributed by atoms with van der Waals surface area (Å²) in [5, 5.41) is 12.3. The van der Waals surface area contributed by atoms with Crippen molar-refractivity contribution in [1.82, 2.24) is 9.97 Å². The molecule has 0 saturated carbocycles. The molecule has 6 heteroatoms. The van der Waals surface area contributed by atoms with Crippen molar-refractivity contribution in [3.63, 3.8) is 0 Å². The molecule has 2 aromatic heterocycles. The number of pyridine rings is 2. The van der Waals surface area contributed by atoms with Crippen LogP contribution in [0.15, 0.2) is 72.9 Å². The van der Waals surface area contributed by atoms with Crippen LogP contribution < -0.4 is 4.74 Å². The van der Waals surface area contributed by atoms with Crippen molar-refractivity contribution < 1.29 is 19.4 Å². The number of carboxylic acids is 1. The summed E-state index contributed by atoms with van der Waals surface area (Å²) in [7, 11) is 0. The number of fused-ring (bicyclic) bond motifs is 1. The van der Waals surface area contributed by atoms with Crippen LogP contribution in [0.4, 0.5) is 0 Å². The highest BCUT2D eigenvalue weighted by Gasteiger charge is 2.33. The molecule has 6 nitrogen and oxygen atoms in total. The van der Waals surface area contributed by atoms with Crippen molar-refractivity contribution in [1.29, 1.82) is 0 Å². The first kappa shape index (κ1) is 26.9.